The number of benzene rings is 2. The Morgan fingerprint density at radius 1 is 1.08 bits per heavy atom. The van der Waals surface area contributed by atoms with Gasteiger partial charge in [0.05, 0.1) is 12.7 Å². The zero-order chi connectivity index (χ0) is 27.1. The van der Waals surface area contributed by atoms with Crippen LogP contribution in [0, 0.1) is 12.7 Å². The van der Waals surface area contributed by atoms with Crippen LogP contribution < -0.4 is 9.47 Å². The quantitative estimate of drug-likeness (QED) is 0.322. The van der Waals surface area contributed by atoms with Crippen LogP contribution in [-0.2, 0) is 20.8 Å². The summed E-state index contributed by atoms with van der Waals surface area (Å²) in [5.74, 6) is 0.206. The maximum absolute atomic E-state index is 14.8. The summed E-state index contributed by atoms with van der Waals surface area (Å²) in [5, 5.41) is 9.27. The summed E-state index contributed by atoms with van der Waals surface area (Å²) in [4.78, 5) is 4.52. The van der Waals surface area contributed by atoms with Gasteiger partial charge in [0.15, 0.2) is 5.79 Å². The van der Waals surface area contributed by atoms with Gasteiger partial charge < -0.3 is 28.8 Å². The first-order chi connectivity index (χ1) is 18.3. The molecule has 0 radical (unpaired) electrons. The van der Waals surface area contributed by atoms with Gasteiger partial charge in [0.1, 0.15) is 30.9 Å². The lowest BCUT2D eigenvalue weighted by Crippen LogP contribution is -2.25. The Kier molecular flexibility index (Phi) is 9.33. The van der Waals surface area contributed by atoms with Crippen LogP contribution in [0.25, 0.3) is 11.1 Å². The Morgan fingerprint density at radius 3 is 2.53 bits per heavy atom. The molecule has 0 aliphatic carbocycles. The zero-order valence-electron chi connectivity index (χ0n) is 22.4. The molecule has 2 atom stereocenters. The Balaban J connectivity index is 1.39. The number of nitrogens with zero attached hydrogens (tertiary/aromatic N) is 1. The predicted molar refractivity (Wildman–Crippen MR) is 142 cm³/mol. The third-order valence-corrected chi connectivity index (χ3v) is 6.28. The van der Waals surface area contributed by atoms with Crippen molar-refractivity contribution in [3.63, 3.8) is 0 Å². The second-order valence-electron chi connectivity index (χ2n) is 9.67. The highest BCUT2D eigenvalue weighted by atomic mass is 19.1. The highest BCUT2D eigenvalue weighted by Crippen LogP contribution is 2.29. The molecule has 38 heavy (non-hydrogen) atoms. The number of aliphatic hydroxyl groups is 1. The fourth-order valence-corrected chi connectivity index (χ4v) is 4.41. The smallest absolute Gasteiger partial charge is 0.213 e. The van der Waals surface area contributed by atoms with Gasteiger partial charge in [-0.3, -0.25) is 0 Å². The van der Waals surface area contributed by atoms with Crippen molar-refractivity contribution < 1.29 is 33.2 Å². The van der Waals surface area contributed by atoms with Crippen molar-refractivity contribution in [1.29, 1.82) is 0 Å². The first-order valence-electron chi connectivity index (χ1n) is 12.9. The molecule has 1 aliphatic rings. The van der Waals surface area contributed by atoms with E-state index < -0.39 is 5.79 Å². The SMILES string of the molecule is CCO[C@@H](CCO)c1ccc(OCc2ccc(F)c(-c3ccc(OC[C@H]4COC(C)(C)O4)nc3C)c2)cc1. The van der Waals surface area contributed by atoms with E-state index in [2.05, 4.69) is 4.98 Å². The monoisotopic (exact) mass is 525 g/mol. The Bertz CT molecular complexity index is 1190. The van der Waals surface area contributed by atoms with E-state index in [0.717, 1.165) is 11.1 Å². The van der Waals surface area contributed by atoms with Gasteiger partial charge in [-0.1, -0.05) is 18.2 Å². The summed E-state index contributed by atoms with van der Waals surface area (Å²) in [6, 6.07) is 16.1. The highest BCUT2D eigenvalue weighted by molar-refractivity contribution is 5.67. The maximum atomic E-state index is 14.8. The first-order valence-corrected chi connectivity index (χ1v) is 12.9. The van der Waals surface area contributed by atoms with Crippen molar-refractivity contribution in [2.24, 2.45) is 0 Å². The summed E-state index contributed by atoms with van der Waals surface area (Å²) in [6.45, 7) is 9.20. The van der Waals surface area contributed by atoms with Crippen molar-refractivity contribution in [1.82, 2.24) is 4.98 Å². The molecule has 0 unspecified atom stereocenters. The molecule has 204 valence electrons. The highest BCUT2D eigenvalue weighted by Gasteiger charge is 2.33. The fourth-order valence-electron chi connectivity index (χ4n) is 4.41. The molecule has 1 aliphatic heterocycles. The van der Waals surface area contributed by atoms with Crippen molar-refractivity contribution in [2.75, 3.05) is 26.4 Å². The molecule has 2 aromatic carbocycles. The summed E-state index contributed by atoms with van der Waals surface area (Å²) in [5.41, 5.74) is 3.62. The number of aliphatic hydroxyl groups excluding tert-OH is 1. The van der Waals surface area contributed by atoms with Crippen molar-refractivity contribution >= 4 is 0 Å². The Labute approximate surface area is 223 Å². The lowest BCUT2D eigenvalue weighted by Gasteiger charge is -2.17. The van der Waals surface area contributed by atoms with E-state index in [9.17, 15) is 9.50 Å². The number of aryl methyl sites for hydroxylation is 1. The van der Waals surface area contributed by atoms with Crippen LogP contribution >= 0.6 is 0 Å². The van der Waals surface area contributed by atoms with E-state index in [4.69, 9.17) is 23.7 Å². The van der Waals surface area contributed by atoms with E-state index in [0.29, 0.717) is 54.7 Å². The summed E-state index contributed by atoms with van der Waals surface area (Å²) < 4.78 is 43.6. The summed E-state index contributed by atoms with van der Waals surface area (Å²) in [6.07, 6.45) is 0.226. The largest absolute Gasteiger partial charge is 0.489 e. The van der Waals surface area contributed by atoms with E-state index in [1.165, 1.54) is 6.07 Å². The lowest BCUT2D eigenvalue weighted by atomic mass is 10.0. The Hall–Kier alpha value is -3.04. The summed E-state index contributed by atoms with van der Waals surface area (Å²) >= 11 is 0. The van der Waals surface area contributed by atoms with Crippen LogP contribution in [0.1, 0.15) is 50.1 Å². The van der Waals surface area contributed by atoms with Crippen molar-refractivity contribution in [2.45, 2.75) is 58.7 Å². The average molecular weight is 526 g/mol. The van der Waals surface area contributed by atoms with E-state index in [-0.39, 0.29) is 31.2 Å². The molecule has 8 heteroatoms. The number of halogens is 1. The predicted octanol–water partition coefficient (Wildman–Crippen LogP) is 5.77. The molecule has 3 aromatic rings. The number of ether oxygens (including phenoxy) is 5. The molecule has 0 bridgehead atoms. The number of hydrogen-bond donors (Lipinski definition) is 1. The van der Waals surface area contributed by atoms with Gasteiger partial charge in [-0.25, -0.2) is 9.37 Å². The molecule has 0 amide bonds. The molecule has 4 rings (SSSR count). The number of rotatable bonds is 12. The van der Waals surface area contributed by atoms with Gasteiger partial charge in [-0.2, -0.15) is 0 Å². The topological polar surface area (TPSA) is 79.3 Å². The molecule has 1 N–H and O–H groups in total. The van der Waals surface area contributed by atoms with Crippen LogP contribution in [0.15, 0.2) is 54.6 Å². The summed E-state index contributed by atoms with van der Waals surface area (Å²) in [7, 11) is 0. The normalized spacial score (nSPS) is 17.4. The maximum Gasteiger partial charge on any atom is 0.213 e. The van der Waals surface area contributed by atoms with Crippen molar-refractivity contribution in [3.8, 4) is 22.8 Å². The zero-order valence-corrected chi connectivity index (χ0v) is 22.4. The molecule has 1 saturated heterocycles. The second kappa shape index (κ2) is 12.7. The minimum atomic E-state index is -0.607. The van der Waals surface area contributed by atoms with Gasteiger partial charge in [0, 0.05) is 42.5 Å². The minimum Gasteiger partial charge on any atom is -0.489 e. The van der Waals surface area contributed by atoms with Gasteiger partial charge in [-0.15, -0.1) is 0 Å². The van der Waals surface area contributed by atoms with Crippen molar-refractivity contribution in [3.05, 3.63) is 77.2 Å². The lowest BCUT2D eigenvalue weighted by molar-refractivity contribution is -0.141. The standard InChI is InChI=1S/C30H36FNO6/c1-5-34-28(14-15-33)22-7-9-23(10-8-22)35-17-21-6-12-27(31)26(16-21)25-11-13-29(32-20(25)2)36-18-24-19-37-30(3,4)38-24/h6-13,16,24,28,33H,5,14-15,17-19H2,1-4H3/t24-,28-/m0/s1. The number of aromatic nitrogens is 1. The van der Waals surface area contributed by atoms with Gasteiger partial charge >= 0.3 is 0 Å². The minimum absolute atomic E-state index is 0.0594. The molecule has 1 aromatic heterocycles. The van der Waals surface area contributed by atoms with E-state index in [1.54, 1.807) is 18.2 Å². The Morgan fingerprint density at radius 2 is 1.87 bits per heavy atom. The molecular weight excluding hydrogens is 489 g/mol. The van der Waals surface area contributed by atoms with E-state index >= 15 is 0 Å². The average Bonchev–Trinajstić information content (AvgIpc) is 3.26. The van der Waals surface area contributed by atoms with Crippen LogP contribution in [-0.4, -0.2) is 48.4 Å². The third-order valence-electron chi connectivity index (χ3n) is 6.28. The van der Waals surface area contributed by atoms with E-state index in [1.807, 2.05) is 58.0 Å². The second-order valence-corrected chi connectivity index (χ2v) is 9.67. The van der Waals surface area contributed by atoms with Crippen LogP contribution in [0.2, 0.25) is 0 Å². The van der Waals surface area contributed by atoms with Crippen LogP contribution in [0.5, 0.6) is 11.6 Å². The van der Waals surface area contributed by atoms with Gasteiger partial charge in [-0.05, 0) is 69.2 Å². The molecule has 1 fully saturated rings. The molecule has 2 heterocycles. The molecule has 0 saturated carbocycles. The third kappa shape index (κ3) is 7.29. The van der Waals surface area contributed by atoms with Crippen LogP contribution in [0.3, 0.4) is 0 Å². The molecule has 7 nitrogen and oxygen atoms in total. The van der Waals surface area contributed by atoms with Crippen LogP contribution in [0.4, 0.5) is 4.39 Å². The first kappa shape index (κ1) is 28.0. The number of hydrogen-bond acceptors (Lipinski definition) is 7. The fraction of sp³-hybridized carbons (Fsp3) is 0.433. The van der Waals surface area contributed by atoms with Gasteiger partial charge in [0.25, 0.3) is 0 Å². The number of pyridine rings is 1. The molecular formula is C30H36FNO6. The van der Waals surface area contributed by atoms with Gasteiger partial charge in [0.2, 0.25) is 5.88 Å². The molecule has 0 spiro atoms.